The van der Waals surface area contributed by atoms with Gasteiger partial charge in [-0.2, -0.15) is 0 Å². The van der Waals surface area contributed by atoms with Crippen molar-refractivity contribution >= 4 is 12.8 Å². The van der Waals surface area contributed by atoms with E-state index in [2.05, 4.69) is 12.8 Å². The lowest BCUT2D eigenvalue weighted by molar-refractivity contribution is -0.0718. The molecule has 0 unspecified atom stereocenters. The van der Waals surface area contributed by atoms with Crippen molar-refractivity contribution in [1.29, 1.82) is 0 Å². The van der Waals surface area contributed by atoms with E-state index in [9.17, 15) is 8.78 Å². The molecule has 0 aromatic heterocycles. The van der Waals surface area contributed by atoms with Crippen LogP contribution in [0.15, 0.2) is 0 Å². The zero-order valence-electron chi connectivity index (χ0n) is 10.1. The summed E-state index contributed by atoms with van der Waals surface area (Å²) in [5.41, 5.74) is 5.74. The van der Waals surface area contributed by atoms with Crippen molar-refractivity contribution in [3.63, 3.8) is 0 Å². The number of aliphatic hydroxyl groups is 1. The van der Waals surface area contributed by atoms with Gasteiger partial charge >= 0.3 is 0 Å². The Morgan fingerprint density at radius 2 is 2.00 bits per heavy atom. The van der Waals surface area contributed by atoms with E-state index in [1.165, 1.54) is 4.90 Å². The van der Waals surface area contributed by atoms with Gasteiger partial charge in [0.2, 0.25) is 0 Å². The van der Waals surface area contributed by atoms with Crippen LogP contribution in [0.25, 0.3) is 0 Å². The summed E-state index contributed by atoms with van der Waals surface area (Å²) in [4.78, 5) is 1.49. The first-order valence-electron chi connectivity index (χ1n) is 5.66. The first-order valence-corrected chi connectivity index (χ1v) is 6.06. The molecule has 1 saturated heterocycles. The second-order valence-corrected chi connectivity index (χ2v) is 5.57. The van der Waals surface area contributed by atoms with Crippen LogP contribution in [-0.4, -0.2) is 65.6 Å². The van der Waals surface area contributed by atoms with Gasteiger partial charge in [0.15, 0.2) is 0 Å². The number of aliphatic hydroxyl groups excluding tert-OH is 1. The van der Waals surface area contributed by atoms with Gasteiger partial charge in [0.05, 0.1) is 6.54 Å². The number of hydrogen-bond acceptors (Lipinski definition) is 5. The Morgan fingerprint density at radius 1 is 1.47 bits per heavy atom. The number of rotatable bonds is 5. The van der Waals surface area contributed by atoms with Gasteiger partial charge < -0.3 is 10.8 Å². The molecule has 0 aromatic rings. The lowest BCUT2D eigenvalue weighted by atomic mass is 9.89. The molecule has 17 heavy (non-hydrogen) atoms. The minimum atomic E-state index is -3.06. The topological polar surface area (TPSA) is 52.7 Å². The summed E-state index contributed by atoms with van der Waals surface area (Å²) in [6.07, 6.45) is 1.48. The van der Waals surface area contributed by atoms with Gasteiger partial charge in [0.1, 0.15) is 6.61 Å². The lowest BCUT2D eigenvalue weighted by Crippen LogP contribution is -2.56. The van der Waals surface area contributed by atoms with E-state index in [1.807, 2.05) is 4.31 Å². The van der Waals surface area contributed by atoms with Crippen molar-refractivity contribution in [2.75, 3.05) is 39.8 Å². The number of piperidine rings is 1. The molecule has 0 aliphatic carbocycles. The molecule has 0 radical (unpaired) electrons. The zero-order chi connectivity index (χ0) is 13.1. The van der Waals surface area contributed by atoms with Crippen LogP contribution < -0.4 is 5.73 Å². The van der Waals surface area contributed by atoms with Gasteiger partial charge in [-0.15, -0.1) is 0 Å². The van der Waals surface area contributed by atoms with Crippen LogP contribution >= 0.6 is 12.8 Å². The van der Waals surface area contributed by atoms with Crippen LogP contribution in [0.4, 0.5) is 8.78 Å². The molecule has 0 saturated carbocycles. The quantitative estimate of drug-likeness (QED) is 0.624. The summed E-state index contributed by atoms with van der Waals surface area (Å²) in [7, 11) is 1.60. The standard InChI is InChI=1S/C10H21F2N3OS/c1-14(7-10(11,12)8-16)6-9(13)2-4-15(17)5-3-9/h16-17H,2-8,13H2,1H3. The maximum Gasteiger partial charge on any atom is 0.283 e. The first kappa shape index (κ1) is 15.1. The number of likely N-dealkylation sites (N-methyl/N-ethyl adjacent to an activating group) is 1. The Kier molecular flexibility index (Phi) is 5.15. The van der Waals surface area contributed by atoms with Crippen molar-refractivity contribution < 1.29 is 13.9 Å². The third kappa shape index (κ3) is 5.05. The fourth-order valence-corrected chi connectivity index (χ4v) is 2.34. The highest BCUT2D eigenvalue weighted by Crippen LogP contribution is 2.22. The van der Waals surface area contributed by atoms with Crippen molar-refractivity contribution in [1.82, 2.24) is 9.21 Å². The number of nitrogens with zero attached hydrogens (tertiary/aromatic N) is 2. The molecule has 7 heteroatoms. The molecule has 4 nitrogen and oxygen atoms in total. The fraction of sp³-hybridized carbons (Fsp3) is 1.00. The normalized spacial score (nSPS) is 22.1. The Hall–Kier alpha value is 0.0500. The van der Waals surface area contributed by atoms with E-state index in [0.29, 0.717) is 6.54 Å². The molecule has 0 amide bonds. The number of halogens is 2. The SMILES string of the molecule is CN(CC(F)(F)CO)CC1(N)CCN(S)CC1. The minimum absolute atomic E-state index is 0.407. The smallest absolute Gasteiger partial charge is 0.283 e. The van der Waals surface area contributed by atoms with E-state index in [-0.39, 0.29) is 0 Å². The van der Waals surface area contributed by atoms with Crippen molar-refractivity contribution in [2.24, 2.45) is 5.73 Å². The summed E-state index contributed by atoms with van der Waals surface area (Å²) in [5, 5.41) is 8.52. The van der Waals surface area contributed by atoms with E-state index >= 15 is 0 Å². The monoisotopic (exact) mass is 269 g/mol. The number of alkyl halides is 2. The van der Waals surface area contributed by atoms with Crippen LogP contribution in [0, 0.1) is 0 Å². The molecule has 1 aliphatic rings. The Labute approximate surface area is 106 Å². The highest BCUT2D eigenvalue weighted by atomic mass is 32.1. The lowest BCUT2D eigenvalue weighted by Gasteiger charge is -2.40. The van der Waals surface area contributed by atoms with Crippen LogP contribution in [0.1, 0.15) is 12.8 Å². The van der Waals surface area contributed by atoms with Crippen LogP contribution in [0.3, 0.4) is 0 Å². The molecule has 1 aliphatic heterocycles. The minimum Gasteiger partial charge on any atom is -0.390 e. The number of nitrogens with two attached hydrogens (primary N) is 1. The summed E-state index contributed by atoms with van der Waals surface area (Å²) in [5.74, 6) is -3.06. The predicted octanol–water partition coefficient (Wildman–Crippen LogP) is 0.184. The molecule has 0 aromatic carbocycles. The van der Waals surface area contributed by atoms with Crippen LogP contribution in [0.5, 0.6) is 0 Å². The molecule has 0 bridgehead atoms. The van der Waals surface area contributed by atoms with Crippen molar-refractivity contribution in [3.8, 4) is 0 Å². The second kappa shape index (κ2) is 5.79. The maximum atomic E-state index is 13.0. The van der Waals surface area contributed by atoms with Gasteiger partial charge in [0, 0.05) is 25.2 Å². The van der Waals surface area contributed by atoms with Crippen molar-refractivity contribution in [3.05, 3.63) is 0 Å². The fourth-order valence-electron chi connectivity index (χ4n) is 2.14. The van der Waals surface area contributed by atoms with Gasteiger partial charge in [0.25, 0.3) is 5.92 Å². The summed E-state index contributed by atoms with van der Waals surface area (Å²) < 4.78 is 27.9. The van der Waals surface area contributed by atoms with Gasteiger partial charge in [-0.05, 0) is 19.9 Å². The molecule has 1 heterocycles. The Bertz CT molecular complexity index is 248. The zero-order valence-corrected chi connectivity index (χ0v) is 11.0. The van der Waals surface area contributed by atoms with Gasteiger partial charge in [-0.3, -0.25) is 9.21 Å². The average molecular weight is 269 g/mol. The Balaban J connectivity index is 2.42. The summed E-state index contributed by atoms with van der Waals surface area (Å²) in [6.45, 7) is 0.351. The second-order valence-electron chi connectivity index (χ2n) is 5.00. The van der Waals surface area contributed by atoms with E-state index in [0.717, 1.165) is 25.9 Å². The molecule has 3 N–H and O–H groups in total. The number of thiol groups is 1. The Morgan fingerprint density at radius 3 is 2.47 bits per heavy atom. The molecule has 1 rings (SSSR count). The number of hydrogen-bond donors (Lipinski definition) is 3. The van der Waals surface area contributed by atoms with E-state index in [1.54, 1.807) is 7.05 Å². The highest BCUT2D eigenvalue weighted by Gasteiger charge is 2.35. The third-order valence-electron chi connectivity index (χ3n) is 3.05. The largest absolute Gasteiger partial charge is 0.390 e. The molecular weight excluding hydrogens is 248 g/mol. The molecule has 1 fully saturated rings. The molecular formula is C10H21F2N3OS. The maximum absolute atomic E-state index is 13.0. The molecule has 102 valence electrons. The predicted molar refractivity (Wildman–Crippen MR) is 66.2 cm³/mol. The van der Waals surface area contributed by atoms with Crippen LogP contribution in [0.2, 0.25) is 0 Å². The van der Waals surface area contributed by atoms with Gasteiger partial charge in [-0.25, -0.2) is 8.78 Å². The summed E-state index contributed by atoms with van der Waals surface area (Å²) >= 11 is 4.22. The van der Waals surface area contributed by atoms with Gasteiger partial charge in [-0.1, -0.05) is 12.8 Å². The molecule has 0 spiro atoms. The van der Waals surface area contributed by atoms with Crippen molar-refractivity contribution in [2.45, 2.75) is 24.3 Å². The van der Waals surface area contributed by atoms with E-state index in [4.69, 9.17) is 10.8 Å². The third-order valence-corrected chi connectivity index (χ3v) is 3.45. The van der Waals surface area contributed by atoms with Crippen LogP contribution in [-0.2, 0) is 0 Å². The first-order chi connectivity index (χ1) is 7.76. The molecule has 0 atom stereocenters. The van der Waals surface area contributed by atoms with E-state index < -0.39 is 24.6 Å². The average Bonchev–Trinajstić information content (AvgIpc) is 2.22. The summed E-state index contributed by atoms with van der Waals surface area (Å²) in [6, 6.07) is 0. The highest BCUT2D eigenvalue weighted by molar-refractivity contribution is 7.77.